The molecule has 98 valence electrons. The second-order valence-corrected chi connectivity index (χ2v) is 6.02. The first-order valence-electron chi connectivity index (χ1n) is 6.15. The molecule has 1 heterocycles. The fourth-order valence-corrected chi connectivity index (χ4v) is 3.21. The maximum absolute atomic E-state index is 12.0. The van der Waals surface area contributed by atoms with Gasteiger partial charge in [0.1, 0.15) is 5.15 Å². The number of thioether (sulfide) groups is 1. The molecule has 1 fully saturated rings. The van der Waals surface area contributed by atoms with Crippen LogP contribution in [0.25, 0.3) is 0 Å². The molecule has 0 saturated heterocycles. The first-order valence-corrected chi connectivity index (χ1v) is 7.81. The zero-order valence-corrected chi connectivity index (χ0v) is 11.9. The number of rotatable bonds is 3. The van der Waals surface area contributed by atoms with Gasteiger partial charge in [0.2, 0.25) is 0 Å². The Labute approximate surface area is 117 Å². The number of nitrogens with zero attached hydrogens (tertiary/aromatic N) is 1. The summed E-state index contributed by atoms with van der Waals surface area (Å²) in [5, 5.41) is 4.07. The Morgan fingerprint density at radius 1 is 1.44 bits per heavy atom. The van der Waals surface area contributed by atoms with E-state index in [1.807, 2.05) is 11.8 Å². The molecule has 0 bridgehead atoms. The van der Waals surface area contributed by atoms with Gasteiger partial charge >= 0.3 is 0 Å². The summed E-state index contributed by atoms with van der Waals surface area (Å²) in [4.78, 5) is 16.0. The fourth-order valence-electron chi connectivity index (χ4n) is 2.26. The van der Waals surface area contributed by atoms with E-state index in [9.17, 15) is 4.79 Å². The first kappa shape index (κ1) is 13.7. The molecule has 0 unspecified atom stereocenters. The van der Waals surface area contributed by atoms with E-state index in [1.165, 1.54) is 12.8 Å². The molecule has 1 aliphatic carbocycles. The highest BCUT2D eigenvalue weighted by Gasteiger charge is 2.22. The van der Waals surface area contributed by atoms with E-state index in [4.69, 9.17) is 11.6 Å². The van der Waals surface area contributed by atoms with Crippen LogP contribution in [0.2, 0.25) is 5.15 Å². The number of hydrogen-bond acceptors (Lipinski definition) is 3. The third-order valence-corrected chi connectivity index (χ3v) is 4.79. The van der Waals surface area contributed by atoms with Gasteiger partial charge < -0.3 is 5.32 Å². The maximum atomic E-state index is 12.0. The van der Waals surface area contributed by atoms with Crippen LogP contribution < -0.4 is 5.32 Å². The van der Waals surface area contributed by atoms with Crippen molar-refractivity contribution in [3.8, 4) is 0 Å². The SMILES string of the molecule is CSC1CCC(NC(=O)c2cccnc2Cl)CC1. The van der Waals surface area contributed by atoms with Crippen LogP contribution in [0.1, 0.15) is 36.0 Å². The predicted octanol–water partition coefficient (Wildman–Crippen LogP) is 3.14. The molecule has 18 heavy (non-hydrogen) atoms. The molecule has 1 amide bonds. The first-order chi connectivity index (χ1) is 8.70. The zero-order valence-electron chi connectivity index (χ0n) is 10.4. The minimum Gasteiger partial charge on any atom is -0.349 e. The van der Waals surface area contributed by atoms with Crippen LogP contribution in [-0.4, -0.2) is 28.4 Å². The quantitative estimate of drug-likeness (QED) is 0.867. The van der Waals surface area contributed by atoms with Crippen molar-refractivity contribution in [3.63, 3.8) is 0 Å². The van der Waals surface area contributed by atoms with E-state index in [1.54, 1.807) is 18.3 Å². The highest BCUT2D eigenvalue weighted by molar-refractivity contribution is 7.99. The van der Waals surface area contributed by atoms with Crippen molar-refractivity contribution in [2.75, 3.05) is 6.26 Å². The second-order valence-electron chi connectivity index (χ2n) is 4.52. The lowest BCUT2D eigenvalue weighted by Crippen LogP contribution is -2.38. The lowest BCUT2D eigenvalue weighted by atomic mass is 9.95. The van der Waals surface area contributed by atoms with Crippen molar-refractivity contribution in [2.24, 2.45) is 0 Å². The molecule has 1 N–H and O–H groups in total. The minimum atomic E-state index is -0.110. The topological polar surface area (TPSA) is 42.0 Å². The molecule has 0 aromatic carbocycles. The van der Waals surface area contributed by atoms with Gasteiger partial charge in [-0.25, -0.2) is 4.98 Å². The van der Waals surface area contributed by atoms with Gasteiger partial charge in [-0.1, -0.05) is 11.6 Å². The molecule has 1 aromatic heterocycles. The zero-order chi connectivity index (χ0) is 13.0. The van der Waals surface area contributed by atoms with Gasteiger partial charge in [-0.3, -0.25) is 4.79 Å². The average molecular weight is 285 g/mol. The molecule has 5 heteroatoms. The molecule has 1 saturated carbocycles. The van der Waals surface area contributed by atoms with E-state index in [2.05, 4.69) is 16.6 Å². The van der Waals surface area contributed by atoms with Crippen molar-refractivity contribution in [3.05, 3.63) is 29.0 Å². The second kappa shape index (κ2) is 6.43. The lowest BCUT2D eigenvalue weighted by molar-refractivity contribution is 0.0928. The summed E-state index contributed by atoms with van der Waals surface area (Å²) in [5.41, 5.74) is 0.464. The van der Waals surface area contributed by atoms with E-state index < -0.39 is 0 Å². The van der Waals surface area contributed by atoms with Gasteiger partial charge in [-0.2, -0.15) is 11.8 Å². The summed E-state index contributed by atoms with van der Waals surface area (Å²) < 4.78 is 0. The van der Waals surface area contributed by atoms with Crippen molar-refractivity contribution in [1.29, 1.82) is 0 Å². The molecule has 0 aliphatic heterocycles. The summed E-state index contributed by atoms with van der Waals surface area (Å²) in [6.45, 7) is 0. The fraction of sp³-hybridized carbons (Fsp3) is 0.538. The summed E-state index contributed by atoms with van der Waals surface area (Å²) in [5.74, 6) is -0.110. The number of nitrogens with one attached hydrogen (secondary N) is 1. The van der Waals surface area contributed by atoms with Crippen LogP contribution in [-0.2, 0) is 0 Å². The van der Waals surface area contributed by atoms with Crippen LogP contribution in [0.3, 0.4) is 0 Å². The normalized spacial score (nSPS) is 23.7. The molecule has 1 aliphatic rings. The average Bonchev–Trinajstić information content (AvgIpc) is 2.40. The summed E-state index contributed by atoms with van der Waals surface area (Å²) in [6.07, 6.45) is 8.19. The van der Waals surface area contributed by atoms with Gasteiger partial charge in [0.15, 0.2) is 0 Å². The Balaban J connectivity index is 1.91. The number of halogens is 1. The monoisotopic (exact) mass is 284 g/mol. The largest absolute Gasteiger partial charge is 0.349 e. The number of amides is 1. The molecular weight excluding hydrogens is 268 g/mol. The Hall–Kier alpha value is -0.740. The van der Waals surface area contributed by atoms with Crippen molar-refractivity contribution >= 4 is 29.3 Å². The van der Waals surface area contributed by atoms with E-state index in [0.29, 0.717) is 5.56 Å². The molecular formula is C13H17ClN2OS. The number of carbonyl (C=O) groups excluding carboxylic acids is 1. The number of carbonyl (C=O) groups is 1. The van der Waals surface area contributed by atoms with E-state index in [-0.39, 0.29) is 17.1 Å². The summed E-state index contributed by atoms with van der Waals surface area (Å²) >= 11 is 7.83. The number of aromatic nitrogens is 1. The van der Waals surface area contributed by atoms with Gasteiger partial charge in [-0.15, -0.1) is 0 Å². The summed E-state index contributed by atoms with van der Waals surface area (Å²) in [6, 6.07) is 3.71. The van der Waals surface area contributed by atoms with Gasteiger partial charge in [0.05, 0.1) is 5.56 Å². The number of hydrogen-bond donors (Lipinski definition) is 1. The lowest BCUT2D eigenvalue weighted by Gasteiger charge is -2.28. The minimum absolute atomic E-state index is 0.110. The van der Waals surface area contributed by atoms with Crippen LogP contribution in [0.15, 0.2) is 18.3 Å². The highest BCUT2D eigenvalue weighted by Crippen LogP contribution is 2.27. The van der Waals surface area contributed by atoms with Crippen molar-refractivity contribution < 1.29 is 4.79 Å². The number of pyridine rings is 1. The molecule has 0 spiro atoms. The molecule has 2 rings (SSSR count). The predicted molar refractivity (Wildman–Crippen MR) is 76.3 cm³/mol. The Kier molecular flexibility index (Phi) is 4.89. The van der Waals surface area contributed by atoms with Gasteiger partial charge in [0.25, 0.3) is 5.91 Å². The Morgan fingerprint density at radius 2 is 2.17 bits per heavy atom. The summed E-state index contributed by atoms with van der Waals surface area (Å²) in [7, 11) is 0. The van der Waals surface area contributed by atoms with Gasteiger partial charge in [-0.05, 0) is 44.1 Å². The third kappa shape index (κ3) is 3.39. The third-order valence-electron chi connectivity index (χ3n) is 3.35. The van der Waals surface area contributed by atoms with E-state index >= 15 is 0 Å². The standard InChI is InChI=1S/C13H17ClN2OS/c1-18-10-6-4-9(5-7-10)16-13(17)11-3-2-8-15-12(11)14/h2-3,8-10H,4-7H2,1H3,(H,16,17). The van der Waals surface area contributed by atoms with E-state index in [0.717, 1.165) is 18.1 Å². The van der Waals surface area contributed by atoms with Gasteiger partial charge in [0, 0.05) is 17.5 Å². The Morgan fingerprint density at radius 3 is 2.78 bits per heavy atom. The Bertz CT molecular complexity index is 419. The molecule has 0 radical (unpaired) electrons. The smallest absolute Gasteiger partial charge is 0.254 e. The van der Waals surface area contributed by atoms with Crippen LogP contribution in [0.5, 0.6) is 0 Å². The van der Waals surface area contributed by atoms with Crippen molar-refractivity contribution in [2.45, 2.75) is 37.0 Å². The maximum Gasteiger partial charge on any atom is 0.254 e. The van der Waals surface area contributed by atoms with Crippen molar-refractivity contribution in [1.82, 2.24) is 10.3 Å². The molecule has 0 atom stereocenters. The van der Waals surface area contributed by atoms with Crippen LogP contribution >= 0.6 is 23.4 Å². The van der Waals surface area contributed by atoms with Crippen LogP contribution in [0.4, 0.5) is 0 Å². The van der Waals surface area contributed by atoms with Crippen LogP contribution in [0, 0.1) is 0 Å². The molecule has 3 nitrogen and oxygen atoms in total. The molecule has 1 aromatic rings. The highest BCUT2D eigenvalue weighted by atomic mass is 35.5.